The monoisotopic (exact) mass is 362 g/mol. The van der Waals surface area contributed by atoms with Crippen molar-refractivity contribution in [1.29, 1.82) is 0 Å². The zero-order valence-corrected chi connectivity index (χ0v) is 15.6. The van der Waals surface area contributed by atoms with E-state index >= 15 is 0 Å². The van der Waals surface area contributed by atoms with Gasteiger partial charge in [0.15, 0.2) is 11.6 Å². The number of piperazine rings is 1. The summed E-state index contributed by atoms with van der Waals surface area (Å²) in [5.74, 6) is 0.541. The summed E-state index contributed by atoms with van der Waals surface area (Å²) in [4.78, 5) is 29.9. The van der Waals surface area contributed by atoms with E-state index in [0.717, 1.165) is 43.3 Å². The van der Waals surface area contributed by atoms with Crippen LogP contribution in [0.1, 0.15) is 27.6 Å². The first-order chi connectivity index (χ1) is 13.1. The molecule has 0 unspecified atom stereocenters. The standard InChI is InChI=1S/C22H22N2O3/c1-15(20-21(25)18-8-3-4-9-19(18)22(20)26)23-10-12-24(13-11-23)16-6-5-7-17(14-16)27-2/h3-9,14H,10-13H2,1-2H3. The molecular weight excluding hydrogens is 340 g/mol. The highest BCUT2D eigenvalue weighted by Crippen LogP contribution is 2.30. The predicted molar refractivity (Wildman–Crippen MR) is 105 cm³/mol. The van der Waals surface area contributed by atoms with Gasteiger partial charge >= 0.3 is 0 Å². The van der Waals surface area contributed by atoms with Gasteiger partial charge in [-0.3, -0.25) is 9.59 Å². The fourth-order valence-electron chi connectivity index (χ4n) is 3.85. The predicted octanol–water partition coefficient (Wildman–Crippen LogP) is 3.17. The number of ketones is 2. The molecule has 0 bridgehead atoms. The Bertz CT molecular complexity index is 903. The van der Waals surface area contributed by atoms with E-state index in [4.69, 9.17) is 4.74 Å². The highest BCUT2D eigenvalue weighted by atomic mass is 16.5. The van der Waals surface area contributed by atoms with Crippen LogP contribution in [0.5, 0.6) is 5.75 Å². The number of ether oxygens (including phenoxy) is 1. The van der Waals surface area contributed by atoms with E-state index in [0.29, 0.717) is 16.7 Å². The summed E-state index contributed by atoms with van der Waals surface area (Å²) in [5, 5.41) is 0. The van der Waals surface area contributed by atoms with Crippen LogP contribution in [0.4, 0.5) is 5.69 Å². The van der Waals surface area contributed by atoms with Crippen LogP contribution in [-0.2, 0) is 0 Å². The summed E-state index contributed by atoms with van der Waals surface area (Å²) >= 11 is 0. The molecule has 138 valence electrons. The average Bonchev–Trinajstić information content (AvgIpc) is 2.98. The SMILES string of the molecule is COc1cccc(N2CCN(C(C)=C3C(=O)c4ccccc4C3=O)CC2)c1. The molecule has 0 amide bonds. The first-order valence-electron chi connectivity index (χ1n) is 9.13. The van der Waals surface area contributed by atoms with Crippen LogP contribution < -0.4 is 9.64 Å². The van der Waals surface area contributed by atoms with Crippen LogP contribution in [0.3, 0.4) is 0 Å². The second-order valence-corrected chi connectivity index (χ2v) is 6.84. The van der Waals surface area contributed by atoms with Gasteiger partial charge in [0.05, 0.1) is 12.7 Å². The lowest BCUT2D eigenvalue weighted by molar-refractivity contribution is 0.0982. The molecule has 1 aliphatic carbocycles. The van der Waals surface area contributed by atoms with Crippen LogP contribution >= 0.6 is 0 Å². The number of carbonyl (C=O) groups is 2. The zero-order chi connectivity index (χ0) is 19.0. The van der Waals surface area contributed by atoms with Gasteiger partial charge in [0.1, 0.15) is 5.75 Å². The zero-order valence-electron chi connectivity index (χ0n) is 15.6. The Hall–Kier alpha value is -3.08. The Balaban J connectivity index is 1.52. The van der Waals surface area contributed by atoms with Crippen LogP contribution in [0.15, 0.2) is 59.8 Å². The van der Waals surface area contributed by atoms with Crippen molar-refractivity contribution in [3.8, 4) is 5.75 Å². The molecular formula is C22H22N2O3. The molecule has 1 heterocycles. The summed E-state index contributed by atoms with van der Waals surface area (Å²) < 4.78 is 5.31. The molecule has 5 nitrogen and oxygen atoms in total. The number of fused-ring (bicyclic) bond motifs is 1. The number of carbonyl (C=O) groups excluding carboxylic acids is 2. The van der Waals surface area contributed by atoms with Crippen molar-refractivity contribution < 1.29 is 14.3 Å². The highest BCUT2D eigenvalue weighted by molar-refractivity contribution is 6.39. The molecule has 1 aliphatic heterocycles. The lowest BCUT2D eigenvalue weighted by Gasteiger charge is -2.38. The van der Waals surface area contributed by atoms with Gasteiger partial charge in [0.25, 0.3) is 0 Å². The third-order valence-corrected chi connectivity index (χ3v) is 5.40. The van der Waals surface area contributed by atoms with Gasteiger partial charge in [-0.05, 0) is 19.1 Å². The average molecular weight is 362 g/mol. The normalized spacial score (nSPS) is 16.6. The van der Waals surface area contributed by atoms with Crippen LogP contribution in [-0.4, -0.2) is 49.8 Å². The van der Waals surface area contributed by atoms with Gasteiger partial charge in [-0.25, -0.2) is 0 Å². The molecule has 0 atom stereocenters. The summed E-state index contributed by atoms with van der Waals surface area (Å²) in [6, 6.07) is 15.1. The number of nitrogens with zero attached hydrogens (tertiary/aromatic N) is 2. The Morgan fingerprint density at radius 1 is 0.889 bits per heavy atom. The van der Waals surface area contributed by atoms with Crippen molar-refractivity contribution in [3.05, 3.63) is 70.9 Å². The van der Waals surface area contributed by atoms with Crippen molar-refractivity contribution in [2.24, 2.45) is 0 Å². The summed E-state index contributed by atoms with van der Waals surface area (Å²) in [6.45, 7) is 5.07. The maximum absolute atomic E-state index is 12.7. The number of anilines is 1. The number of Topliss-reactive ketones (excluding diaryl/α,β-unsaturated/α-hetero) is 2. The number of hydrogen-bond acceptors (Lipinski definition) is 5. The molecule has 0 aromatic heterocycles. The van der Waals surface area contributed by atoms with Gasteiger partial charge in [0, 0.05) is 54.8 Å². The van der Waals surface area contributed by atoms with Crippen molar-refractivity contribution in [2.45, 2.75) is 6.92 Å². The van der Waals surface area contributed by atoms with Crippen LogP contribution in [0.2, 0.25) is 0 Å². The quantitative estimate of drug-likeness (QED) is 0.620. The number of benzene rings is 2. The molecule has 0 radical (unpaired) electrons. The van der Waals surface area contributed by atoms with E-state index in [1.54, 1.807) is 31.4 Å². The molecule has 1 saturated heterocycles. The number of rotatable bonds is 3. The fourth-order valence-corrected chi connectivity index (χ4v) is 3.85. The number of methoxy groups -OCH3 is 1. The summed E-state index contributed by atoms with van der Waals surface area (Å²) in [5.41, 5.74) is 3.27. The highest BCUT2D eigenvalue weighted by Gasteiger charge is 2.35. The van der Waals surface area contributed by atoms with Gasteiger partial charge in [0.2, 0.25) is 0 Å². The third kappa shape index (κ3) is 2.99. The minimum atomic E-state index is -0.150. The first kappa shape index (κ1) is 17.3. The van der Waals surface area contributed by atoms with Crippen molar-refractivity contribution in [1.82, 2.24) is 4.90 Å². The van der Waals surface area contributed by atoms with E-state index in [-0.39, 0.29) is 11.6 Å². The molecule has 2 aromatic rings. The Morgan fingerprint density at radius 2 is 1.52 bits per heavy atom. The van der Waals surface area contributed by atoms with E-state index < -0.39 is 0 Å². The minimum Gasteiger partial charge on any atom is -0.497 e. The van der Waals surface area contributed by atoms with Gasteiger partial charge in [-0.15, -0.1) is 0 Å². The fraction of sp³-hybridized carbons (Fsp3) is 0.273. The van der Waals surface area contributed by atoms with Gasteiger partial charge < -0.3 is 14.5 Å². The van der Waals surface area contributed by atoms with Gasteiger partial charge in [-0.1, -0.05) is 30.3 Å². The number of hydrogen-bond donors (Lipinski definition) is 0. The second kappa shape index (κ2) is 6.91. The van der Waals surface area contributed by atoms with Crippen molar-refractivity contribution >= 4 is 17.3 Å². The minimum absolute atomic E-state index is 0.150. The van der Waals surface area contributed by atoms with Crippen molar-refractivity contribution in [2.75, 3.05) is 38.2 Å². The third-order valence-electron chi connectivity index (χ3n) is 5.40. The molecule has 1 fully saturated rings. The van der Waals surface area contributed by atoms with Crippen LogP contribution in [0, 0.1) is 0 Å². The largest absolute Gasteiger partial charge is 0.497 e. The lowest BCUT2D eigenvalue weighted by atomic mass is 10.1. The van der Waals surface area contributed by atoms with Gasteiger partial charge in [-0.2, -0.15) is 0 Å². The van der Waals surface area contributed by atoms with E-state index in [9.17, 15) is 9.59 Å². The number of allylic oxidation sites excluding steroid dienone is 2. The molecule has 0 spiro atoms. The van der Waals surface area contributed by atoms with E-state index in [2.05, 4.69) is 15.9 Å². The maximum atomic E-state index is 12.7. The Morgan fingerprint density at radius 3 is 2.11 bits per heavy atom. The van der Waals surface area contributed by atoms with E-state index in [1.807, 2.05) is 25.1 Å². The molecule has 27 heavy (non-hydrogen) atoms. The maximum Gasteiger partial charge on any atom is 0.199 e. The molecule has 5 heteroatoms. The van der Waals surface area contributed by atoms with Crippen molar-refractivity contribution in [3.63, 3.8) is 0 Å². The molecule has 0 saturated carbocycles. The first-order valence-corrected chi connectivity index (χ1v) is 9.13. The summed E-state index contributed by atoms with van der Waals surface area (Å²) in [6.07, 6.45) is 0. The molecule has 2 aliphatic rings. The summed E-state index contributed by atoms with van der Waals surface area (Å²) in [7, 11) is 1.67. The van der Waals surface area contributed by atoms with E-state index in [1.165, 1.54) is 0 Å². The molecule has 2 aromatic carbocycles. The molecule has 0 N–H and O–H groups in total. The smallest absolute Gasteiger partial charge is 0.199 e. The topological polar surface area (TPSA) is 49.9 Å². The van der Waals surface area contributed by atoms with Crippen LogP contribution in [0.25, 0.3) is 0 Å². The molecule has 4 rings (SSSR count). The second-order valence-electron chi connectivity index (χ2n) is 6.84. The Kier molecular flexibility index (Phi) is 4.44. The Labute approximate surface area is 158 Å². The lowest BCUT2D eigenvalue weighted by Crippen LogP contribution is -2.46.